The van der Waals surface area contributed by atoms with Gasteiger partial charge in [0, 0.05) is 12.2 Å². The molecule has 0 N–H and O–H groups in total. The Bertz CT molecular complexity index is 529. The summed E-state index contributed by atoms with van der Waals surface area (Å²) in [6.45, 7) is 4.78. The van der Waals surface area contributed by atoms with Gasteiger partial charge in [-0.2, -0.15) is 0 Å². The highest BCUT2D eigenvalue weighted by molar-refractivity contribution is 5.93. The van der Waals surface area contributed by atoms with E-state index >= 15 is 0 Å². The van der Waals surface area contributed by atoms with Crippen molar-refractivity contribution in [2.75, 3.05) is 13.2 Å². The third-order valence-electron chi connectivity index (χ3n) is 2.31. The zero-order valence-corrected chi connectivity index (χ0v) is 10.5. The van der Waals surface area contributed by atoms with E-state index in [0.717, 1.165) is 0 Å². The molecule has 1 aliphatic heterocycles. The first-order valence-electron chi connectivity index (χ1n) is 5.89. The highest BCUT2D eigenvalue weighted by Crippen LogP contribution is 2.06. The minimum Gasteiger partial charge on any atom is -0.494 e. The van der Waals surface area contributed by atoms with E-state index in [4.69, 9.17) is 9.47 Å². The number of rotatable bonds is 2. The van der Waals surface area contributed by atoms with E-state index < -0.39 is 0 Å². The lowest BCUT2D eigenvalue weighted by molar-refractivity contribution is 0.0592. The van der Waals surface area contributed by atoms with Crippen molar-refractivity contribution in [3.63, 3.8) is 0 Å². The Kier molecular flexibility index (Phi) is 3.82. The first-order valence-corrected chi connectivity index (χ1v) is 5.89. The van der Waals surface area contributed by atoms with Gasteiger partial charge in [0.05, 0.1) is 0 Å². The highest BCUT2D eigenvalue weighted by Gasteiger charge is 2.17. The largest absolute Gasteiger partial charge is 0.494 e. The van der Waals surface area contributed by atoms with Crippen molar-refractivity contribution in [1.82, 2.24) is 4.57 Å². The SMILES string of the molecule is CC(C)N=c1ccccn1C(=O)C1=COCCO1. The number of allylic oxidation sites excluding steroid dienone is 1. The predicted molar refractivity (Wildman–Crippen MR) is 65.7 cm³/mol. The number of hydrogen-bond acceptors (Lipinski definition) is 4. The average Bonchev–Trinajstić information content (AvgIpc) is 2.39. The molecule has 0 saturated heterocycles. The van der Waals surface area contributed by atoms with Gasteiger partial charge in [0.1, 0.15) is 25.0 Å². The molecule has 2 heterocycles. The second-order valence-corrected chi connectivity index (χ2v) is 4.16. The zero-order valence-electron chi connectivity index (χ0n) is 10.5. The molecule has 5 nitrogen and oxygen atoms in total. The first kappa shape index (κ1) is 12.4. The van der Waals surface area contributed by atoms with Crippen LogP contribution in [-0.4, -0.2) is 29.7 Å². The van der Waals surface area contributed by atoms with Gasteiger partial charge in [-0.3, -0.25) is 14.4 Å². The minimum atomic E-state index is -0.269. The van der Waals surface area contributed by atoms with E-state index in [-0.39, 0.29) is 17.7 Å². The number of aromatic nitrogens is 1. The normalized spacial score (nSPS) is 15.9. The lowest BCUT2D eigenvalue weighted by Gasteiger charge is -2.15. The Labute approximate surface area is 105 Å². The molecular formula is C13H16N2O3. The predicted octanol–water partition coefficient (Wildman–Crippen LogP) is 1.33. The van der Waals surface area contributed by atoms with E-state index in [9.17, 15) is 4.79 Å². The Morgan fingerprint density at radius 3 is 2.89 bits per heavy atom. The summed E-state index contributed by atoms with van der Waals surface area (Å²) < 4.78 is 11.8. The van der Waals surface area contributed by atoms with Gasteiger partial charge < -0.3 is 9.47 Å². The Hall–Kier alpha value is -2.04. The molecule has 2 rings (SSSR count). The van der Waals surface area contributed by atoms with Crippen LogP contribution >= 0.6 is 0 Å². The monoisotopic (exact) mass is 248 g/mol. The van der Waals surface area contributed by atoms with E-state index in [1.54, 1.807) is 18.3 Å². The lowest BCUT2D eigenvalue weighted by Crippen LogP contribution is -2.30. The van der Waals surface area contributed by atoms with Crippen LogP contribution in [0.25, 0.3) is 0 Å². The summed E-state index contributed by atoms with van der Waals surface area (Å²) in [6, 6.07) is 5.53. The summed E-state index contributed by atoms with van der Waals surface area (Å²) in [5, 5.41) is 0. The molecular weight excluding hydrogens is 232 g/mol. The van der Waals surface area contributed by atoms with E-state index in [0.29, 0.717) is 18.7 Å². The van der Waals surface area contributed by atoms with Crippen LogP contribution in [0.4, 0.5) is 0 Å². The number of ether oxygens (including phenoxy) is 2. The summed E-state index contributed by atoms with van der Waals surface area (Å²) in [4.78, 5) is 16.6. The van der Waals surface area contributed by atoms with Crippen LogP contribution in [0.2, 0.25) is 0 Å². The van der Waals surface area contributed by atoms with Crippen molar-refractivity contribution in [2.45, 2.75) is 19.9 Å². The lowest BCUT2D eigenvalue weighted by atomic mass is 10.4. The molecule has 18 heavy (non-hydrogen) atoms. The molecule has 96 valence electrons. The van der Waals surface area contributed by atoms with Gasteiger partial charge in [0.15, 0.2) is 0 Å². The van der Waals surface area contributed by atoms with Gasteiger partial charge in [0.2, 0.25) is 5.76 Å². The molecule has 5 heteroatoms. The van der Waals surface area contributed by atoms with Crippen LogP contribution in [0, 0.1) is 0 Å². The van der Waals surface area contributed by atoms with E-state index in [2.05, 4.69) is 4.99 Å². The van der Waals surface area contributed by atoms with Crippen LogP contribution in [0.1, 0.15) is 18.6 Å². The minimum absolute atomic E-state index is 0.115. The van der Waals surface area contributed by atoms with Gasteiger partial charge in [-0.15, -0.1) is 0 Å². The zero-order chi connectivity index (χ0) is 13.0. The van der Waals surface area contributed by atoms with Crippen LogP contribution < -0.4 is 5.49 Å². The fraction of sp³-hybridized carbons (Fsp3) is 0.385. The number of pyridine rings is 1. The van der Waals surface area contributed by atoms with Crippen molar-refractivity contribution >= 4 is 5.91 Å². The van der Waals surface area contributed by atoms with Crippen LogP contribution in [-0.2, 0) is 9.47 Å². The molecule has 0 fully saturated rings. The van der Waals surface area contributed by atoms with Crippen molar-refractivity contribution in [3.8, 4) is 0 Å². The second-order valence-electron chi connectivity index (χ2n) is 4.16. The molecule has 0 unspecified atom stereocenters. The molecule has 1 aromatic rings. The summed E-state index contributed by atoms with van der Waals surface area (Å²) >= 11 is 0. The van der Waals surface area contributed by atoms with Crippen LogP contribution in [0.15, 0.2) is 41.4 Å². The first-order chi connectivity index (χ1) is 8.68. The third-order valence-corrected chi connectivity index (χ3v) is 2.31. The molecule has 0 spiro atoms. The number of nitrogens with zero attached hydrogens (tertiary/aromatic N) is 2. The van der Waals surface area contributed by atoms with Gasteiger partial charge in [-0.05, 0) is 26.0 Å². The molecule has 1 aromatic heterocycles. The Balaban J connectivity index is 2.39. The molecule has 0 amide bonds. The van der Waals surface area contributed by atoms with Crippen molar-refractivity contribution < 1.29 is 14.3 Å². The third kappa shape index (κ3) is 2.80. The van der Waals surface area contributed by atoms with Crippen molar-refractivity contribution in [1.29, 1.82) is 0 Å². The van der Waals surface area contributed by atoms with Crippen molar-refractivity contribution in [3.05, 3.63) is 41.9 Å². The number of hydrogen-bond donors (Lipinski definition) is 0. The average molecular weight is 248 g/mol. The smallest absolute Gasteiger partial charge is 0.301 e. The Morgan fingerprint density at radius 1 is 1.39 bits per heavy atom. The summed E-state index contributed by atoms with van der Waals surface area (Å²) in [5.74, 6) is -0.0626. The summed E-state index contributed by atoms with van der Waals surface area (Å²) in [7, 11) is 0. The van der Waals surface area contributed by atoms with Crippen molar-refractivity contribution in [2.24, 2.45) is 4.99 Å². The quantitative estimate of drug-likeness (QED) is 0.793. The fourth-order valence-corrected chi connectivity index (χ4v) is 1.57. The van der Waals surface area contributed by atoms with Crippen LogP contribution in [0.5, 0.6) is 0 Å². The van der Waals surface area contributed by atoms with Gasteiger partial charge in [-0.1, -0.05) is 6.07 Å². The molecule has 0 bridgehead atoms. The molecule has 0 atom stereocenters. The molecule has 0 radical (unpaired) electrons. The maximum absolute atomic E-state index is 12.2. The molecule has 0 aromatic carbocycles. The maximum atomic E-state index is 12.2. The topological polar surface area (TPSA) is 52.8 Å². The van der Waals surface area contributed by atoms with Crippen LogP contribution in [0.3, 0.4) is 0 Å². The van der Waals surface area contributed by atoms with E-state index in [1.807, 2.05) is 19.9 Å². The maximum Gasteiger partial charge on any atom is 0.301 e. The molecule has 0 saturated carbocycles. The van der Waals surface area contributed by atoms with Gasteiger partial charge >= 0.3 is 5.91 Å². The van der Waals surface area contributed by atoms with Gasteiger partial charge in [0.25, 0.3) is 0 Å². The highest BCUT2D eigenvalue weighted by atomic mass is 16.6. The summed E-state index contributed by atoms with van der Waals surface area (Å²) in [5.41, 5.74) is 0.604. The fourth-order valence-electron chi connectivity index (χ4n) is 1.57. The number of carbonyl (C=O) groups is 1. The molecule has 1 aliphatic rings. The summed E-state index contributed by atoms with van der Waals surface area (Å²) in [6.07, 6.45) is 3.02. The molecule has 0 aliphatic carbocycles. The van der Waals surface area contributed by atoms with Gasteiger partial charge in [-0.25, -0.2) is 0 Å². The standard InChI is InChI=1S/C13H16N2O3/c1-10(2)14-12-5-3-4-6-15(12)13(16)11-9-17-7-8-18-11/h3-6,9-10H,7-8H2,1-2H3. The Morgan fingerprint density at radius 2 is 2.22 bits per heavy atom. The second kappa shape index (κ2) is 5.53. The number of carbonyl (C=O) groups excluding carboxylic acids is 1. The van der Waals surface area contributed by atoms with E-state index in [1.165, 1.54) is 10.8 Å².